The molecule has 148 valence electrons. The number of halogens is 1. The molecule has 0 aromatic heterocycles. The molecule has 1 N–H and O–H groups in total. The van der Waals surface area contributed by atoms with Crippen LogP contribution in [0.2, 0.25) is 5.02 Å². The summed E-state index contributed by atoms with van der Waals surface area (Å²) < 4.78 is 5.63. The van der Waals surface area contributed by atoms with Crippen molar-refractivity contribution in [1.82, 2.24) is 0 Å². The largest absolute Gasteiger partial charge is 0.494 e. The van der Waals surface area contributed by atoms with Crippen molar-refractivity contribution in [2.45, 2.75) is 33.1 Å². The highest BCUT2D eigenvalue weighted by Crippen LogP contribution is 2.32. The van der Waals surface area contributed by atoms with E-state index in [4.69, 9.17) is 16.3 Å². The van der Waals surface area contributed by atoms with Gasteiger partial charge in [0.25, 0.3) is 0 Å². The number of unbranched alkanes of at least 4 members (excludes halogenated alkanes) is 1. The van der Waals surface area contributed by atoms with E-state index < -0.39 is 5.92 Å². The fourth-order valence-corrected chi connectivity index (χ4v) is 3.39. The van der Waals surface area contributed by atoms with Crippen molar-refractivity contribution in [2.75, 3.05) is 23.4 Å². The van der Waals surface area contributed by atoms with Crippen LogP contribution in [0, 0.1) is 12.8 Å². The Morgan fingerprint density at radius 1 is 1.25 bits per heavy atom. The molecular weight excluding hydrogens is 376 g/mol. The Morgan fingerprint density at radius 3 is 2.71 bits per heavy atom. The molecule has 0 saturated carbocycles. The summed E-state index contributed by atoms with van der Waals surface area (Å²) in [6.45, 7) is 5.03. The number of hydrogen-bond donors (Lipinski definition) is 1. The van der Waals surface area contributed by atoms with Crippen LogP contribution in [-0.2, 0) is 9.59 Å². The first-order valence-electron chi connectivity index (χ1n) is 9.58. The summed E-state index contributed by atoms with van der Waals surface area (Å²) in [5.74, 6) is 0.164. The van der Waals surface area contributed by atoms with Crippen LogP contribution >= 0.6 is 11.6 Å². The van der Waals surface area contributed by atoms with Crippen LogP contribution < -0.4 is 15.0 Å². The topological polar surface area (TPSA) is 58.6 Å². The molecule has 0 spiro atoms. The van der Waals surface area contributed by atoms with E-state index in [1.807, 2.05) is 43.3 Å². The Hall–Kier alpha value is -2.53. The number of nitrogens with zero attached hydrogens (tertiary/aromatic N) is 1. The lowest BCUT2D eigenvalue weighted by Gasteiger charge is -2.19. The Labute approximate surface area is 170 Å². The average molecular weight is 401 g/mol. The molecule has 0 bridgehead atoms. The maximum atomic E-state index is 12.6. The van der Waals surface area contributed by atoms with Crippen molar-refractivity contribution in [3.63, 3.8) is 0 Å². The van der Waals surface area contributed by atoms with Gasteiger partial charge in [0.2, 0.25) is 11.8 Å². The molecule has 0 radical (unpaired) electrons. The quantitative estimate of drug-likeness (QED) is 0.678. The molecule has 2 amide bonds. The highest BCUT2D eigenvalue weighted by atomic mass is 35.5. The number of carbonyl (C=O) groups is 2. The Balaban J connectivity index is 1.61. The molecular formula is C22H25ClN2O3. The first kappa shape index (κ1) is 20.2. The summed E-state index contributed by atoms with van der Waals surface area (Å²) >= 11 is 6.17. The van der Waals surface area contributed by atoms with Crippen LogP contribution in [-0.4, -0.2) is 25.0 Å². The van der Waals surface area contributed by atoms with E-state index in [0.29, 0.717) is 23.9 Å². The molecule has 1 aliphatic rings. The highest BCUT2D eigenvalue weighted by molar-refractivity contribution is 6.31. The summed E-state index contributed by atoms with van der Waals surface area (Å²) in [5, 5.41) is 3.51. The second-order valence-electron chi connectivity index (χ2n) is 7.00. The number of rotatable bonds is 7. The van der Waals surface area contributed by atoms with Gasteiger partial charge in [-0.05, 0) is 55.3 Å². The Bertz CT molecular complexity index is 851. The SMILES string of the molecule is CCCCOc1ccc(NC(=O)[C@@H]2CC(=O)N(c3cccc(Cl)c3C)C2)cc1. The summed E-state index contributed by atoms with van der Waals surface area (Å²) in [5.41, 5.74) is 2.30. The fraction of sp³-hybridized carbons (Fsp3) is 0.364. The van der Waals surface area contributed by atoms with Crippen molar-refractivity contribution < 1.29 is 14.3 Å². The number of carbonyl (C=O) groups excluding carboxylic acids is 2. The lowest BCUT2D eigenvalue weighted by Crippen LogP contribution is -2.28. The molecule has 1 aliphatic heterocycles. The van der Waals surface area contributed by atoms with Crippen molar-refractivity contribution in [3.05, 3.63) is 53.1 Å². The van der Waals surface area contributed by atoms with Gasteiger partial charge < -0.3 is 15.0 Å². The summed E-state index contributed by atoms with van der Waals surface area (Å²) in [6, 6.07) is 12.8. The van der Waals surface area contributed by atoms with Crippen LogP contribution in [0.1, 0.15) is 31.7 Å². The molecule has 0 unspecified atom stereocenters. The number of benzene rings is 2. The second-order valence-corrected chi connectivity index (χ2v) is 7.41. The van der Waals surface area contributed by atoms with Crippen LogP contribution in [0.15, 0.2) is 42.5 Å². The highest BCUT2D eigenvalue weighted by Gasteiger charge is 2.35. The van der Waals surface area contributed by atoms with Gasteiger partial charge in [-0.25, -0.2) is 0 Å². The molecule has 1 saturated heterocycles. The molecule has 3 rings (SSSR count). The lowest BCUT2D eigenvalue weighted by molar-refractivity contribution is -0.122. The van der Waals surface area contributed by atoms with Gasteiger partial charge in [-0.2, -0.15) is 0 Å². The van der Waals surface area contributed by atoms with Crippen LogP contribution in [0.25, 0.3) is 0 Å². The molecule has 0 aliphatic carbocycles. The van der Waals surface area contributed by atoms with Crippen LogP contribution in [0.4, 0.5) is 11.4 Å². The van der Waals surface area contributed by atoms with E-state index in [9.17, 15) is 9.59 Å². The van der Waals surface area contributed by atoms with Gasteiger partial charge in [0, 0.05) is 29.4 Å². The van der Waals surface area contributed by atoms with E-state index in [-0.39, 0.29) is 18.2 Å². The van der Waals surface area contributed by atoms with Gasteiger partial charge in [0.1, 0.15) is 5.75 Å². The third kappa shape index (κ3) is 4.65. The molecule has 28 heavy (non-hydrogen) atoms. The molecule has 2 aromatic rings. The molecule has 1 fully saturated rings. The van der Waals surface area contributed by atoms with Gasteiger partial charge in [-0.3, -0.25) is 9.59 Å². The number of hydrogen-bond acceptors (Lipinski definition) is 3. The predicted molar refractivity (Wildman–Crippen MR) is 112 cm³/mol. The summed E-state index contributed by atoms with van der Waals surface area (Å²) in [6.07, 6.45) is 2.28. The summed E-state index contributed by atoms with van der Waals surface area (Å²) in [4.78, 5) is 26.7. The second kappa shape index (κ2) is 9.11. The molecule has 1 atom stereocenters. The zero-order chi connectivity index (χ0) is 20.1. The summed E-state index contributed by atoms with van der Waals surface area (Å²) in [7, 11) is 0. The van der Waals surface area contributed by atoms with Crippen molar-refractivity contribution in [2.24, 2.45) is 5.92 Å². The Morgan fingerprint density at radius 2 is 2.00 bits per heavy atom. The molecule has 2 aromatic carbocycles. The lowest BCUT2D eigenvalue weighted by atomic mass is 10.1. The van der Waals surface area contributed by atoms with Crippen molar-refractivity contribution in [1.29, 1.82) is 0 Å². The van der Waals surface area contributed by atoms with Gasteiger partial charge in [0.15, 0.2) is 0 Å². The van der Waals surface area contributed by atoms with Crippen LogP contribution in [0.5, 0.6) is 5.75 Å². The number of nitrogens with one attached hydrogen (secondary N) is 1. The smallest absolute Gasteiger partial charge is 0.229 e. The van der Waals surface area contributed by atoms with E-state index in [0.717, 1.165) is 29.8 Å². The molecule has 1 heterocycles. The first-order chi connectivity index (χ1) is 13.5. The molecule has 5 nitrogen and oxygen atoms in total. The maximum absolute atomic E-state index is 12.6. The first-order valence-corrected chi connectivity index (χ1v) is 9.96. The van der Waals surface area contributed by atoms with Crippen molar-refractivity contribution in [3.8, 4) is 5.75 Å². The Kier molecular flexibility index (Phi) is 6.57. The number of amides is 2. The fourth-order valence-electron chi connectivity index (χ4n) is 3.22. The average Bonchev–Trinajstić information content (AvgIpc) is 3.07. The number of ether oxygens (including phenoxy) is 1. The maximum Gasteiger partial charge on any atom is 0.229 e. The predicted octanol–water partition coefficient (Wildman–Crippen LogP) is 4.82. The monoisotopic (exact) mass is 400 g/mol. The van der Waals surface area contributed by atoms with Crippen molar-refractivity contribution >= 4 is 34.8 Å². The van der Waals surface area contributed by atoms with E-state index in [2.05, 4.69) is 12.2 Å². The zero-order valence-corrected chi connectivity index (χ0v) is 17.0. The van der Waals surface area contributed by atoms with E-state index in [1.165, 1.54) is 0 Å². The van der Waals surface area contributed by atoms with Gasteiger partial charge >= 0.3 is 0 Å². The third-order valence-corrected chi connectivity index (χ3v) is 5.32. The van der Waals surface area contributed by atoms with E-state index in [1.54, 1.807) is 11.0 Å². The minimum atomic E-state index is -0.397. The van der Waals surface area contributed by atoms with E-state index >= 15 is 0 Å². The standard InChI is InChI=1S/C22H25ClN2O3/c1-3-4-12-28-18-10-8-17(9-11-18)24-22(27)16-13-21(26)25(14-16)20-7-5-6-19(23)15(20)2/h5-11,16H,3-4,12-14H2,1-2H3,(H,24,27)/t16-/m1/s1. The van der Waals surface area contributed by atoms with Gasteiger partial charge in [-0.1, -0.05) is 31.0 Å². The minimum absolute atomic E-state index is 0.0646. The van der Waals surface area contributed by atoms with Gasteiger partial charge in [-0.15, -0.1) is 0 Å². The zero-order valence-electron chi connectivity index (χ0n) is 16.2. The molecule has 6 heteroatoms. The van der Waals surface area contributed by atoms with Gasteiger partial charge in [0.05, 0.1) is 12.5 Å². The number of anilines is 2. The van der Waals surface area contributed by atoms with Crippen LogP contribution in [0.3, 0.4) is 0 Å². The third-order valence-electron chi connectivity index (χ3n) is 4.91. The normalized spacial score (nSPS) is 16.3. The minimum Gasteiger partial charge on any atom is -0.494 e.